The summed E-state index contributed by atoms with van der Waals surface area (Å²) in [6.07, 6.45) is 0.984. The van der Waals surface area contributed by atoms with Gasteiger partial charge in [0.2, 0.25) is 0 Å². The monoisotopic (exact) mass is 180 g/mol. The van der Waals surface area contributed by atoms with Gasteiger partial charge in [0.15, 0.2) is 0 Å². The van der Waals surface area contributed by atoms with Crippen LogP contribution in [0.4, 0.5) is 5.69 Å². The Bertz CT molecular complexity index is 500. The number of nitrogens with one attached hydrogen (secondary N) is 1. The molecule has 1 aliphatic carbocycles. The molecule has 1 radical (unpaired) electrons. The Morgan fingerprint density at radius 1 is 0.857 bits per heavy atom. The highest BCUT2D eigenvalue weighted by Crippen LogP contribution is 2.37. The third-order valence-corrected chi connectivity index (χ3v) is 2.79. The lowest BCUT2D eigenvalue weighted by Crippen LogP contribution is -1.79. The van der Waals surface area contributed by atoms with Crippen LogP contribution in [0.5, 0.6) is 0 Å². The summed E-state index contributed by atoms with van der Waals surface area (Å²) in [6, 6.07) is 14.4. The molecule has 0 bridgehead atoms. The second kappa shape index (κ2) is 2.61. The fourth-order valence-corrected chi connectivity index (χ4v) is 2.15. The van der Waals surface area contributed by atoms with Crippen molar-refractivity contribution in [2.45, 2.75) is 6.42 Å². The molecule has 1 heteroatoms. The fraction of sp³-hybridized carbons (Fsp3) is 0.0769. The number of benzene rings is 2. The Hall–Kier alpha value is -1.76. The molecule has 0 aliphatic heterocycles. The number of fused-ring (bicyclic) bond motifs is 3. The zero-order valence-corrected chi connectivity index (χ0v) is 7.75. The van der Waals surface area contributed by atoms with Crippen LogP contribution in [-0.2, 0) is 6.42 Å². The van der Waals surface area contributed by atoms with Crippen molar-refractivity contribution in [2.75, 3.05) is 0 Å². The highest BCUT2D eigenvalue weighted by molar-refractivity contribution is 5.77. The molecule has 1 nitrogen and oxygen atoms in total. The summed E-state index contributed by atoms with van der Waals surface area (Å²) in [5.74, 6) is 0. The molecule has 0 atom stereocenters. The maximum Gasteiger partial charge on any atom is 0.0543 e. The molecule has 0 aromatic heterocycles. The largest absolute Gasteiger partial charge is 0.301 e. The van der Waals surface area contributed by atoms with Crippen molar-refractivity contribution in [1.82, 2.24) is 5.73 Å². The summed E-state index contributed by atoms with van der Waals surface area (Å²) < 4.78 is 0. The third kappa shape index (κ3) is 0.956. The molecule has 0 saturated heterocycles. The minimum Gasteiger partial charge on any atom is -0.301 e. The van der Waals surface area contributed by atoms with E-state index in [4.69, 9.17) is 5.73 Å². The number of rotatable bonds is 0. The predicted octanol–water partition coefficient (Wildman–Crippen LogP) is 3.17. The summed E-state index contributed by atoms with van der Waals surface area (Å²) in [6.45, 7) is 0. The molecule has 2 aromatic rings. The average Bonchev–Trinajstić information content (AvgIpc) is 2.54. The van der Waals surface area contributed by atoms with E-state index in [-0.39, 0.29) is 0 Å². The van der Waals surface area contributed by atoms with Gasteiger partial charge in [0.25, 0.3) is 0 Å². The Kier molecular flexibility index (Phi) is 1.42. The van der Waals surface area contributed by atoms with Gasteiger partial charge in [-0.2, -0.15) is 0 Å². The van der Waals surface area contributed by atoms with E-state index in [1.807, 2.05) is 12.1 Å². The van der Waals surface area contributed by atoms with Crippen LogP contribution in [0.1, 0.15) is 11.1 Å². The topological polar surface area (TPSA) is 23.8 Å². The summed E-state index contributed by atoms with van der Waals surface area (Å²) >= 11 is 0. The first-order valence-corrected chi connectivity index (χ1v) is 4.77. The van der Waals surface area contributed by atoms with Crippen molar-refractivity contribution in [2.24, 2.45) is 0 Å². The highest BCUT2D eigenvalue weighted by Gasteiger charge is 2.16. The fourth-order valence-electron chi connectivity index (χ4n) is 2.15. The van der Waals surface area contributed by atoms with E-state index in [0.717, 1.165) is 6.42 Å². The van der Waals surface area contributed by atoms with Crippen LogP contribution >= 0.6 is 0 Å². The van der Waals surface area contributed by atoms with Crippen molar-refractivity contribution in [3.63, 3.8) is 0 Å². The molecule has 1 aliphatic rings. The molecule has 14 heavy (non-hydrogen) atoms. The van der Waals surface area contributed by atoms with Gasteiger partial charge in [-0.05, 0) is 40.8 Å². The van der Waals surface area contributed by atoms with Crippen LogP contribution < -0.4 is 5.73 Å². The van der Waals surface area contributed by atoms with Crippen LogP contribution in [0.25, 0.3) is 11.1 Å². The number of hydrogen-bond donors (Lipinski definition) is 0. The molecule has 0 saturated carbocycles. The smallest absolute Gasteiger partial charge is 0.0543 e. The molecule has 3 rings (SSSR count). The van der Waals surface area contributed by atoms with E-state index in [1.165, 1.54) is 22.3 Å². The SMILES string of the molecule is [NH]c1ccc2c(c1)Cc1ccccc1-2. The molecular weight excluding hydrogens is 170 g/mol. The minimum atomic E-state index is 0.608. The van der Waals surface area contributed by atoms with Crippen molar-refractivity contribution in [1.29, 1.82) is 0 Å². The first kappa shape index (κ1) is 7.63. The van der Waals surface area contributed by atoms with Crippen LogP contribution in [0.2, 0.25) is 0 Å². The van der Waals surface area contributed by atoms with Crippen molar-refractivity contribution >= 4 is 5.69 Å². The van der Waals surface area contributed by atoms with Crippen LogP contribution in [0.15, 0.2) is 42.5 Å². The first-order valence-electron chi connectivity index (χ1n) is 4.77. The van der Waals surface area contributed by atoms with Gasteiger partial charge in [-0.1, -0.05) is 30.3 Å². The van der Waals surface area contributed by atoms with E-state index >= 15 is 0 Å². The van der Waals surface area contributed by atoms with E-state index in [2.05, 4.69) is 30.3 Å². The number of hydrogen-bond acceptors (Lipinski definition) is 0. The molecule has 67 valence electrons. The van der Waals surface area contributed by atoms with E-state index in [9.17, 15) is 0 Å². The van der Waals surface area contributed by atoms with Crippen molar-refractivity contribution < 1.29 is 0 Å². The van der Waals surface area contributed by atoms with Gasteiger partial charge in [0, 0.05) is 0 Å². The van der Waals surface area contributed by atoms with Crippen LogP contribution in [-0.4, -0.2) is 0 Å². The second-order valence-corrected chi connectivity index (χ2v) is 3.71. The Balaban J connectivity index is 2.27. The van der Waals surface area contributed by atoms with Crippen LogP contribution in [0, 0.1) is 0 Å². The maximum atomic E-state index is 7.57. The van der Waals surface area contributed by atoms with Crippen LogP contribution in [0.3, 0.4) is 0 Å². The summed E-state index contributed by atoms with van der Waals surface area (Å²) in [7, 11) is 0. The van der Waals surface area contributed by atoms with E-state index in [0.29, 0.717) is 5.69 Å². The van der Waals surface area contributed by atoms with E-state index < -0.39 is 0 Å². The lowest BCUT2D eigenvalue weighted by Gasteiger charge is -2.00. The molecule has 1 N–H and O–H groups in total. The van der Waals surface area contributed by atoms with Gasteiger partial charge in [-0.15, -0.1) is 0 Å². The normalized spacial score (nSPS) is 12.3. The Morgan fingerprint density at radius 3 is 2.57 bits per heavy atom. The second-order valence-electron chi connectivity index (χ2n) is 3.71. The zero-order valence-electron chi connectivity index (χ0n) is 7.75. The quantitative estimate of drug-likeness (QED) is 0.507. The predicted molar refractivity (Wildman–Crippen MR) is 57.4 cm³/mol. The summed E-state index contributed by atoms with van der Waals surface area (Å²) in [5.41, 5.74) is 13.5. The maximum absolute atomic E-state index is 7.57. The molecule has 0 heterocycles. The summed E-state index contributed by atoms with van der Waals surface area (Å²) in [5, 5.41) is 0. The van der Waals surface area contributed by atoms with Crippen molar-refractivity contribution in [3.8, 4) is 11.1 Å². The lowest BCUT2D eigenvalue weighted by atomic mass is 10.1. The molecule has 0 spiro atoms. The van der Waals surface area contributed by atoms with Gasteiger partial charge in [-0.3, -0.25) is 0 Å². The van der Waals surface area contributed by atoms with Gasteiger partial charge in [0.05, 0.1) is 5.69 Å². The molecule has 0 amide bonds. The van der Waals surface area contributed by atoms with Gasteiger partial charge >= 0.3 is 0 Å². The summed E-state index contributed by atoms with van der Waals surface area (Å²) in [4.78, 5) is 0. The van der Waals surface area contributed by atoms with Gasteiger partial charge in [-0.25, -0.2) is 0 Å². The Morgan fingerprint density at radius 2 is 1.64 bits per heavy atom. The standard InChI is InChI=1S/C13H10N/c14-11-5-6-13-10(8-11)7-9-3-1-2-4-12(9)13/h1-6,8,14H,7H2. The third-order valence-electron chi connectivity index (χ3n) is 2.79. The highest BCUT2D eigenvalue weighted by atomic mass is 14.5. The lowest BCUT2D eigenvalue weighted by molar-refractivity contribution is 1.26. The van der Waals surface area contributed by atoms with E-state index in [1.54, 1.807) is 0 Å². The zero-order chi connectivity index (χ0) is 9.54. The molecular formula is C13H10N. The minimum absolute atomic E-state index is 0.608. The molecule has 0 fully saturated rings. The Labute approximate surface area is 83.2 Å². The van der Waals surface area contributed by atoms with Crippen molar-refractivity contribution in [3.05, 3.63) is 53.6 Å². The van der Waals surface area contributed by atoms with Gasteiger partial charge in [0.1, 0.15) is 0 Å². The average molecular weight is 180 g/mol. The molecule has 2 aromatic carbocycles. The van der Waals surface area contributed by atoms with Gasteiger partial charge < -0.3 is 5.73 Å². The first-order chi connectivity index (χ1) is 6.84. The molecule has 0 unspecified atom stereocenters.